The highest BCUT2D eigenvalue weighted by atomic mass is 32.1. The number of carbonyl (C=O) groups excluding carboxylic acids is 1. The molecule has 0 saturated carbocycles. The molecule has 2 aromatic carbocycles. The molecule has 0 fully saturated rings. The zero-order chi connectivity index (χ0) is 31.4. The van der Waals surface area contributed by atoms with Crippen molar-refractivity contribution in [3.05, 3.63) is 105 Å². The van der Waals surface area contributed by atoms with Crippen molar-refractivity contribution in [3.63, 3.8) is 0 Å². The number of nitriles is 1. The van der Waals surface area contributed by atoms with E-state index in [0.717, 1.165) is 29.0 Å². The molecule has 3 aromatic heterocycles. The minimum Gasteiger partial charge on any atom is -0.421 e. The number of pyridine rings is 1. The molecule has 44 heavy (non-hydrogen) atoms. The number of amides is 1. The molecule has 1 amide bonds. The number of aromatic nitrogens is 3. The van der Waals surface area contributed by atoms with Crippen molar-refractivity contribution < 1.29 is 22.4 Å². The summed E-state index contributed by atoms with van der Waals surface area (Å²) < 4.78 is 46.3. The van der Waals surface area contributed by atoms with Gasteiger partial charge in [-0.25, -0.2) is 18.2 Å². The molecule has 5 aromatic rings. The lowest BCUT2D eigenvalue weighted by Crippen LogP contribution is -2.21. The van der Waals surface area contributed by atoms with E-state index in [1.807, 2.05) is 13.8 Å². The number of aryl methyl sites for hydroxylation is 3. The van der Waals surface area contributed by atoms with E-state index in [9.17, 15) is 23.2 Å². The third kappa shape index (κ3) is 6.79. The average molecular weight is 617 g/mol. The highest BCUT2D eigenvalue weighted by Crippen LogP contribution is 2.42. The van der Waals surface area contributed by atoms with Crippen molar-refractivity contribution in [2.45, 2.75) is 46.2 Å². The first-order valence-corrected chi connectivity index (χ1v) is 14.5. The first-order valence-electron chi connectivity index (χ1n) is 13.7. The van der Waals surface area contributed by atoms with Gasteiger partial charge in [0.1, 0.15) is 23.3 Å². The summed E-state index contributed by atoms with van der Waals surface area (Å²) in [5.74, 6) is -1.87. The summed E-state index contributed by atoms with van der Waals surface area (Å²) in [6.45, 7) is 5.50. The van der Waals surface area contributed by atoms with Crippen LogP contribution in [0.1, 0.15) is 51.8 Å². The van der Waals surface area contributed by atoms with Crippen molar-refractivity contribution in [1.29, 1.82) is 5.26 Å². The largest absolute Gasteiger partial charge is 0.421 e. The van der Waals surface area contributed by atoms with Crippen molar-refractivity contribution in [1.82, 2.24) is 20.5 Å². The van der Waals surface area contributed by atoms with E-state index in [0.29, 0.717) is 56.7 Å². The Morgan fingerprint density at radius 3 is 2.39 bits per heavy atom. The number of halogens is 3. The maximum absolute atomic E-state index is 13.6. The Kier molecular flexibility index (Phi) is 9.06. The summed E-state index contributed by atoms with van der Waals surface area (Å²) in [6.07, 6.45) is 0.919. The molecule has 0 saturated heterocycles. The first-order chi connectivity index (χ1) is 21.1. The van der Waals surface area contributed by atoms with Gasteiger partial charge in [0.25, 0.3) is 5.91 Å². The van der Waals surface area contributed by atoms with Crippen LogP contribution in [0.2, 0.25) is 0 Å². The summed E-state index contributed by atoms with van der Waals surface area (Å²) in [5, 5.41) is 24.6. The predicted molar refractivity (Wildman–Crippen MR) is 160 cm³/mol. The Hall–Kier alpha value is -5.02. The van der Waals surface area contributed by atoms with Crippen LogP contribution >= 0.6 is 11.3 Å². The van der Waals surface area contributed by atoms with Gasteiger partial charge in [0.15, 0.2) is 11.6 Å². The maximum atomic E-state index is 13.6. The Bertz CT molecular complexity index is 1860. The number of nitrogens with one attached hydrogen (secondary N) is 2. The second kappa shape index (κ2) is 13.1. The third-order valence-electron chi connectivity index (χ3n) is 6.63. The molecule has 0 bridgehead atoms. The fraction of sp³-hybridized carbons (Fsp3) is 0.219. The number of carbonyl (C=O) groups is 1. The van der Waals surface area contributed by atoms with Crippen molar-refractivity contribution in [3.8, 4) is 28.0 Å². The van der Waals surface area contributed by atoms with Crippen LogP contribution in [0.15, 0.2) is 59.0 Å². The average Bonchev–Trinajstić information content (AvgIpc) is 3.66. The van der Waals surface area contributed by atoms with Gasteiger partial charge in [-0.2, -0.15) is 5.26 Å². The molecule has 0 aliphatic rings. The topological polar surface area (TPSA) is 117 Å². The Balaban J connectivity index is 1.57. The predicted octanol–water partition coefficient (Wildman–Crippen LogP) is 6.99. The van der Waals surface area contributed by atoms with E-state index in [2.05, 4.69) is 26.9 Å². The zero-order valence-electron chi connectivity index (χ0n) is 24.0. The molecule has 0 unspecified atom stereocenters. The smallest absolute Gasteiger partial charge is 0.261 e. The molecule has 224 valence electrons. The normalized spacial score (nSPS) is 11.0. The molecule has 0 aliphatic heterocycles. The highest BCUT2D eigenvalue weighted by Gasteiger charge is 2.27. The second-order valence-corrected chi connectivity index (χ2v) is 11.4. The number of hydrogen-bond donors (Lipinski definition) is 2. The maximum Gasteiger partial charge on any atom is 0.261 e. The van der Waals surface area contributed by atoms with Gasteiger partial charge in [-0.1, -0.05) is 18.2 Å². The van der Waals surface area contributed by atoms with Crippen LogP contribution in [0, 0.1) is 35.7 Å². The fourth-order valence-electron chi connectivity index (χ4n) is 4.60. The summed E-state index contributed by atoms with van der Waals surface area (Å²) >= 11 is 1.15. The van der Waals surface area contributed by atoms with E-state index >= 15 is 0 Å². The van der Waals surface area contributed by atoms with E-state index in [1.165, 1.54) is 18.2 Å². The van der Waals surface area contributed by atoms with Crippen molar-refractivity contribution in [2.75, 3.05) is 5.32 Å². The van der Waals surface area contributed by atoms with Crippen LogP contribution in [-0.2, 0) is 19.4 Å². The Morgan fingerprint density at radius 1 is 0.977 bits per heavy atom. The molecule has 0 spiro atoms. The number of anilines is 1. The summed E-state index contributed by atoms with van der Waals surface area (Å²) in [4.78, 5) is 18.8. The number of benzene rings is 2. The lowest BCUT2D eigenvalue weighted by Gasteiger charge is -2.18. The first kappa shape index (κ1) is 30.4. The van der Waals surface area contributed by atoms with Crippen LogP contribution in [0.25, 0.3) is 21.9 Å². The van der Waals surface area contributed by atoms with Gasteiger partial charge in [0.2, 0.25) is 11.8 Å². The fourth-order valence-corrected chi connectivity index (χ4v) is 5.58. The third-order valence-corrected chi connectivity index (χ3v) is 7.73. The van der Waals surface area contributed by atoms with Crippen LogP contribution in [0.3, 0.4) is 0 Å². The standard InChI is InChI=1S/C32H27F3N6O2S/c1-17(2)38-30-22(15-36)28(26-12-13-27(44-26)31(42)37-16-20-6-10-23(34)24(35)14-20)29(32-41-40-18(3)43-32)25(39-30)11-7-19-4-8-21(33)9-5-19/h4-6,8-10,12-14,17H,7,11,16H2,1-3H3,(H,37,42)(H,38,39). The molecular formula is C32H27F3N6O2S. The van der Waals surface area contributed by atoms with Gasteiger partial charge in [-0.3, -0.25) is 4.79 Å². The number of nitrogens with zero attached hydrogens (tertiary/aromatic N) is 4. The molecule has 2 N–H and O–H groups in total. The van der Waals surface area contributed by atoms with Crippen LogP contribution in [0.4, 0.5) is 19.0 Å². The lowest BCUT2D eigenvalue weighted by molar-refractivity contribution is 0.0955. The van der Waals surface area contributed by atoms with Gasteiger partial charge in [-0.05, 0) is 74.2 Å². The molecule has 5 rings (SSSR count). The number of rotatable bonds is 10. The number of thiophene rings is 1. The van der Waals surface area contributed by atoms with E-state index < -0.39 is 17.5 Å². The van der Waals surface area contributed by atoms with E-state index in [-0.39, 0.29) is 29.9 Å². The quantitative estimate of drug-likeness (QED) is 0.174. The van der Waals surface area contributed by atoms with Crippen LogP contribution in [-0.4, -0.2) is 27.1 Å². The second-order valence-electron chi connectivity index (χ2n) is 10.3. The molecule has 8 nitrogen and oxygen atoms in total. The van der Waals surface area contributed by atoms with Gasteiger partial charge in [0, 0.05) is 30.0 Å². The minimum absolute atomic E-state index is 0.00945. The minimum atomic E-state index is -0.998. The monoisotopic (exact) mass is 616 g/mol. The SMILES string of the molecule is Cc1nnc(-c2c(CCc3ccc(F)cc3)nc(NC(C)C)c(C#N)c2-c2ccc(C(=O)NCc3ccc(F)c(F)c3)s2)o1. The summed E-state index contributed by atoms with van der Waals surface area (Å²) in [7, 11) is 0. The van der Waals surface area contributed by atoms with E-state index in [1.54, 1.807) is 31.2 Å². The molecule has 12 heteroatoms. The van der Waals surface area contributed by atoms with Gasteiger partial charge in [-0.15, -0.1) is 21.5 Å². The molecule has 0 aliphatic carbocycles. The van der Waals surface area contributed by atoms with Gasteiger partial charge in [0.05, 0.1) is 16.1 Å². The van der Waals surface area contributed by atoms with Crippen molar-refractivity contribution in [2.24, 2.45) is 0 Å². The highest BCUT2D eigenvalue weighted by molar-refractivity contribution is 7.17. The summed E-state index contributed by atoms with van der Waals surface area (Å²) in [6, 6.07) is 15.2. The molecule has 3 heterocycles. The van der Waals surface area contributed by atoms with Gasteiger partial charge < -0.3 is 15.1 Å². The van der Waals surface area contributed by atoms with E-state index in [4.69, 9.17) is 9.40 Å². The molecular weight excluding hydrogens is 589 g/mol. The van der Waals surface area contributed by atoms with Gasteiger partial charge >= 0.3 is 0 Å². The number of hydrogen-bond acceptors (Lipinski definition) is 8. The molecule has 0 radical (unpaired) electrons. The Labute approximate surface area is 255 Å². The van der Waals surface area contributed by atoms with Crippen LogP contribution in [0.5, 0.6) is 0 Å². The summed E-state index contributed by atoms with van der Waals surface area (Å²) in [5.41, 5.74) is 3.06. The van der Waals surface area contributed by atoms with Crippen LogP contribution < -0.4 is 10.6 Å². The zero-order valence-corrected chi connectivity index (χ0v) is 24.9. The molecule has 0 atom stereocenters. The van der Waals surface area contributed by atoms with Crippen molar-refractivity contribution >= 4 is 23.1 Å². The Morgan fingerprint density at radius 2 is 1.73 bits per heavy atom. The lowest BCUT2D eigenvalue weighted by atomic mass is 9.95.